The van der Waals surface area contributed by atoms with Gasteiger partial charge in [0.2, 0.25) is 0 Å². The SMILES string of the molecule is Cl.ON=CNOc1ccccc1. The summed E-state index contributed by atoms with van der Waals surface area (Å²) in [5.74, 6) is 0.660. The van der Waals surface area contributed by atoms with E-state index in [0.717, 1.165) is 6.34 Å². The van der Waals surface area contributed by atoms with Crippen LogP contribution in [-0.2, 0) is 0 Å². The van der Waals surface area contributed by atoms with Crippen molar-refractivity contribution in [3.8, 4) is 5.75 Å². The van der Waals surface area contributed by atoms with E-state index in [2.05, 4.69) is 10.6 Å². The molecule has 0 aliphatic heterocycles. The fourth-order valence-electron chi connectivity index (χ4n) is 0.607. The summed E-state index contributed by atoms with van der Waals surface area (Å²) in [7, 11) is 0. The average molecular weight is 189 g/mol. The summed E-state index contributed by atoms with van der Waals surface area (Å²) in [4.78, 5) is 4.89. The Labute approximate surface area is 76.2 Å². The Hall–Kier alpha value is -1.42. The topological polar surface area (TPSA) is 53.9 Å². The lowest BCUT2D eigenvalue weighted by atomic mass is 10.3. The van der Waals surface area contributed by atoms with Gasteiger partial charge in [-0.3, -0.25) is 0 Å². The van der Waals surface area contributed by atoms with Crippen LogP contribution in [0.15, 0.2) is 35.5 Å². The molecule has 0 heterocycles. The molecule has 0 fully saturated rings. The van der Waals surface area contributed by atoms with E-state index < -0.39 is 0 Å². The Morgan fingerprint density at radius 3 is 2.58 bits per heavy atom. The van der Waals surface area contributed by atoms with Crippen LogP contribution < -0.4 is 10.3 Å². The van der Waals surface area contributed by atoms with Crippen molar-refractivity contribution in [3.63, 3.8) is 0 Å². The highest BCUT2D eigenvalue weighted by Crippen LogP contribution is 2.05. The van der Waals surface area contributed by atoms with Crippen LogP contribution >= 0.6 is 12.4 Å². The Morgan fingerprint density at radius 2 is 2.00 bits per heavy atom. The monoisotopic (exact) mass is 188 g/mol. The first-order chi connectivity index (χ1) is 5.43. The molecular weight excluding hydrogens is 180 g/mol. The number of halogens is 1. The molecule has 0 aromatic heterocycles. The summed E-state index contributed by atoms with van der Waals surface area (Å²) in [5.41, 5.74) is 2.31. The lowest BCUT2D eigenvalue weighted by Gasteiger charge is -2.00. The van der Waals surface area contributed by atoms with E-state index in [-0.39, 0.29) is 12.4 Å². The van der Waals surface area contributed by atoms with Crippen molar-refractivity contribution in [2.45, 2.75) is 0 Å². The second kappa shape index (κ2) is 6.30. The van der Waals surface area contributed by atoms with Gasteiger partial charge in [0.25, 0.3) is 0 Å². The van der Waals surface area contributed by atoms with E-state index in [1.165, 1.54) is 0 Å². The van der Waals surface area contributed by atoms with E-state index in [1.54, 1.807) is 12.1 Å². The first kappa shape index (κ1) is 10.6. The van der Waals surface area contributed by atoms with Gasteiger partial charge in [0.05, 0.1) is 0 Å². The highest BCUT2D eigenvalue weighted by molar-refractivity contribution is 5.85. The van der Waals surface area contributed by atoms with Gasteiger partial charge in [0.15, 0.2) is 12.1 Å². The molecule has 0 saturated carbocycles. The van der Waals surface area contributed by atoms with Crippen LogP contribution in [0.1, 0.15) is 0 Å². The molecule has 5 heteroatoms. The summed E-state index contributed by atoms with van der Waals surface area (Å²) in [5, 5.41) is 10.7. The minimum Gasteiger partial charge on any atom is -0.410 e. The molecule has 1 aromatic rings. The normalized spacial score (nSPS) is 9.00. The van der Waals surface area contributed by atoms with E-state index in [9.17, 15) is 0 Å². The zero-order valence-corrected chi connectivity index (χ0v) is 6.99. The van der Waals surface area contributed by atoms with Crippen LogP contribution in [-0.4, -0.2) is 11.5 Å². The number of rotatable bonds is 3. The van der Waals surface area contributed by atoms with Gasteiger partial charge in [0, 0.05) is 0 Å². The summed E-state index contributed by atoms with van der Waals surface area (Å²) < 4.78 is 0. The van der Waals surface area contributed by atoms with Crippen LogP contribution in [0.2, 0.25) is 0 Å². The molecule has 0 saturated heterocycles. The molecular formula is C7H9ClN2O2. The number of hydrogen-bond acceptors (Lipinski definition) is 3. The van der Waals surface area contributed by atoms with Gasteiger partial charge in [-0.1, -0.05) is 23.4 Å². The van der Waals surface area contributed by atoms with Crippen LogP contribution in [0.5, 0.6) is 5.75 Å². The van der Waals surface area contributed by atoms with Gasteiger partial charge >= 0.3 is 0 Å². The number of nitrogens with one attached hydrogen (secondary N) is 1. The third-order valence-electron chi connectivity index (χ3n) is 1.03. The van der Waals surface area contributed by atoms with Crippen molar-refractivity contribution in [2.24, 2.45) is 5.16 Å². The molecule has 0 radical (unpaired) electrons. The van der Waals surface area contributed by atoms with Gasteiger partial charge in [-0.05, 0) is 12.1 Å². The number of nitrogens with zero attached hydrogens (tertiary/aromatic N) is 1. The van der Waals surface area contributed by atoms with Crippen molar-refractivity contribution in [3.05, 3.63) is 30.3 Å². The Balaban J connectivity index is 0.00000121. The van der Waals surface area contributed by atoms with Crippen LogP contribution in [0.25, 0.3) is 0 Å². The molecule has 0 amide bonds. The maximum absolute atomic E-state index is 7.97. The molecule has 0 unspecified atom stereocenters. The molecule has 0 aliphatic rings. The minimum absolute atomic E-state index is 0. The zero-order chi connectivity index (χ0) is 7.94. The fourth-order valence-corrected chi connectivity index (χ4v) is 0.607. The predicted molar refractivity (Wildman–Crippen MR) is 47.7 cm³/mol. The summed E-state index contributed by atoms with van der Waals surface area (Å²) in [6.45, 7) is 0. The van der Waals surface area contributed by atoms with Gasteiger partial charge < -0.3 is 10.0 Å². The Bertz CT molecular complexity index is 228. The second-order valence-electron chi connectivity index (χ2n) is 1.78. The molecule has 66 valence electrons. The standard InChI is InChI=1S/C7H8N2O2.ClH/c10-8-6-9-11-7-4-2-1-3-5-7;/h1-6,10H,(H,8,9);1H. The maximum atomic E-state index is 7.97. The minimum atomic E-state index is 0. The summed E-state index contributed by atoms with van der Waals surface area (Å²) in [6.07, 6.45) is 1.03. The van der Waals surface area contributed by atoms with Gasteiger partial charge in [-0.2, -0.15) is 0 Å². The zero-order valence-electron chi connectivity index (χ0n) is 6.18. The number of hydroxylamine groups is 1. The molecule has 2 N–H and O–H groups in total. The van der Waals surface area contributed by atoms with Gasteiger partial charge in [-0.15, -0.1) is 12.4 Å². The largest absolute Gasteiger partial charge is 0.410 e. The van der Waals surface area contributed by atoms with E-state index in [1.807, 2.05) is 18.2 Å². The summed E-state index contributed by atoms with van der Waals surface area (Å²) >= 11 is 0. The van der Waals surface area contributed by atoms with Crippen molar-refractivity contribution in [1.82, 2.24) is 5.48 Å². The highest BCUT2D eigenvalue weighted by Gasteiger charge is 1.85. The smallest absolute Gasteiger partial charge is 0.163 e. The molecule has 0 bridgehead atoms. The lowest BCUT2D eigenvalue weighted by Crippen LogP contribution is -2.15. The van der Waals surface area contributed by atoms with E-state index >= 15 is 0 Å². The lowest BCUT2D eigenvalue weighted by molar-refractivity contribution is 0.254. The van der Waals surface area contributed by atoms with Crippen LogP contribution in [0, 0.1) is 0 Å². The number of oxime groups is 1. The highest BCUT2D eigenvalue weighted by atomic mass is 35.5. The maximum Gasteiger partial charge on any atom is 0.163 e. The third-order valence-corrected chi connectivity index (χ3v) is 1.03. The number of benzene rings is 1. The molecule has 4 nitrogen and oxygen atoms in total. The first-order valence-electron chi connectivity index (χ1n) is 3.07. The van der Waals surface area contributed by atoms with Crippen molar-refractivity contribution in [1.29, 1.82) is 0 Å². The molecule has 0 spiro atoms. The molecule has 0 aliphatic carbocycles. The van der Waals surface area contributed by atoms with Crippen molar-refractivity contribution in [2.75, 3.05) is 0 Å². The first-order valence-corrected chi connectivity index (χ1v) is 3.07. The Kier molecular flexibility index (Phi) is 5.55. The van der Waals surface area contributed by atoms with Gasteiger partial charge in [0.1, 0.15) is 0 Å². The quantitative estimate of drug-likeness (QED) is 0.326. The molecule has 1 aromatic carbocycles. The van der Waals surface area contributed by atoms with Crippen LogP contribution in [0.4, 0.5) is 0 Å². The second-order valence-corrected chi connectivity index (χ2v) is 1.78. The third kappa shape index (κ3) is 3.68. The van der Waals surface area contributed by atoms with Crippen molar-refractivity contribution < 1.29 is 10.0 Å². The number of para-hydroxylation sites is 1. The average Bonchev–Trinajstić information content (AvgIpc) is 2.07. The predicted octanol–water partition coefficient (Wildman–Crippen LogP) is 1.41. The molecule has 1 rings (SSSR count). The van der Waals surface area contributed by atoms with E-state index in [0.29, 0.717) is 5.75 Å². The van der Waals surface area contributed by atoms with Gasteiger partial charge in [-0.25, -0.2) is 5.48 Å². The molecule has 0 atom stereocenters. The fraction of sp³-hybridized carbons (Fsp3) is 0. The Morgan fingerprint density at radius 1 is 1.33 bits per heavy atom. The van der Waals surface area contributed by atoms with Crippen LogP contribution in [0.3, 0.4) is 0 Å². The summed E-state index contributed by atoms with van der Waals surface area (Å²) in [6, 6.07) is 9.11. The molecule has 12 heavy (non-hydrogen) atoms. The van der Waals surface area contributed by atoms with Crippen molar-refractivity contribution >= 4 is 18.7 Å². The van der Waals surface area contributed by atoms with E-state index in [4.69, 9.17) is 10.0 Å². The number of hydrogen-bond donors (Lipinski definition) is 2.